The molecule has 5 aromatic carbocycles. The number of benzene rings is 5. The number of anilines is 2. The van der Waals surface area contributed by atoms with Crippen LogP contribution in [0.1, 0.15) is 32.4 Å². The lowest BCUT2D eigenvalue weighted by Gasteiger charge is -2.18. The first-order chi connectivity index (χ1) is 26.7. The number of para-hydroxylation sites is 2. The van der Waals surface area contributed by atoms with E-state index in [0.717, 1.165) is 5.56 Å². The van der Waals surface area contributed by atoms with Crippen molar-refractivity contribution >= 4 is 46.9 Å². The average molecular weight is 754 g/mol. The van der Waals surface area contributed by atoms with Gasteiger partial charge in [-0.2, -0.15) is 0 Å². The summed E-state index contributed by atoms with van der Waals surface area (Å²) in [6.07, 6.45) is 1.52. The number of thioether (sulfide) groups is 1. The average Bonchev–Trinajstić information content (AvgIpc) is 3.42. The molecule has 278 valence electrons. The van der Waals surface area contributed by atoms with Crippen molar-refractivity contribution in [2.75, 3.05) is 24.9 Å². The summed E-state index contributed by atoms with van der Waals surface area (Å²) in [6.45, 7) is 1.78. The highest BCUT2D eigenvalue weighted by molar-refractivity contribution is 8.00. The summed E-state index contributed by atoms with van der Waals surface area (Å²) in [5, 5.41) is 7.79. The van der Waals surface area contributed by atoms with Crippen molar-refractivity contribution in [2.24, 2.45) is 7.05 Å². The van der Waals surface area contributed by atoms with Gasteiger partial charge in [-0.3, -0.25) is 23.9 Å². The van der Waals surface area contributed by atoms with Gasteiger partial charge < -0.3 is 25.4 Å². The van der Waals surface area contributed by atoms with Crippen LogP contribution in [0.2, 0.25) is 0 Å². The van der Waals surface area contributed by atoms with E-state index in [4.69, 9.17) is 9.47 Å². The number of carbonyl (C=O) groups excluding carboxylic acids is 3. The molecule has 0 aliphatic heterocycles. The third-order valence-corrected chi connectivity index (χ3v) is 10.00. The summed E-state index contributed by atoms with van der Waals surface area (Å²) in [6, 6.07) is 39.3. The molecule has 12 heteroatoms. The molecule has 11 nitrogen and oxygen atoms in total. The van der Waals surface area contributed by atoms with E-state index in [-0.39, 0.29) is 16.9 Å². The molecule has 0 aliphatic rings. The molecule has 0 fully saturated rings. The van der Waals surface area contributed by atoms with Crippen molar-refractivity contribution in [1.82, 2.24) is 14.7 Å². The highest BCUT2D eigenvalue weighted by Crippen LogP contribution is 2.37. The van der Waals surface area contributed by atoms with Crippen LogP contribution in [0.4, 0.5) is 11.4 Å². The van der Waals surface area contributed by atoms with E-state index in [1.807, 2.05) is 66.7 Å². The number of carbonyl (C=O) groups is 3. The first kappa shape index (κ1) is 38.0. The van der Waals surface area contributed by atoms with Crippen molar-refractivity contribution in [2.45, 2.75) is 17.1 Å². The molecule has 1 unspecified atom stereocenters. The van der Waals surface area contributed by atoms with E-state index >= 15 is 0 Å². The van der Waals surface area contributed by atoms with Gasteiger partial charge in [-0.05, 0) is 67.1 Å². The first-order valence-corrected chi connectivity index (χ1v) is 18.1. The number of nitrogens with one attached hydrogen (secondary N) is 3. The molecule has 6 aromatic rings. The number of methoxy groups -OCH3 is 2. The van der Waals surface area contributed by atoms with E-state index in [0.29, 0.717) is 44.6 Å². The summed E-state index contributed by atoms with van der Waals surface area (Å²) >= 11 is 1.26. The Balaban J connectivity index is 1.28. The lowest BCUT2D eigenvalue weighted by atomic mass is 10.1. The predicted molar refractivity (Wildman–Crippen MR) is 216 cm³/mol. The number of amides is 3. The topological polar surface area (TPSA) is 133 Å². The fourth-order valence-electron chi connectivity index (χ4n) is 5.91. The quantitative estimate of drug-likeness (QED) is 0.0828. The monoisotopic (exact) mass is 753 g/mol. The predicted octanol–water partition coefficient (Wildman–Crippen LogP) is 7.38. The number of ether oxygens (including phenoxy) is 2. The molecule has 1 atom stereocenters. The molecule has 0 radical (unpaired) electrons. The Bertz CT molecular complexity index is 2410. The van der Waals surface area contributed by atoms with E-state index < -0.39 is 23.0 Å². The molecule has 1 aromatic heterocycles. The van der Waals surface area contributed by atoms with Crippen molar-refractivity contribution in [3.8, 4) is 17.2 Å². The number of rotatable bonds is 13. The maximum atomic E-state index is 14.1. The number of hydrogen-bond acceptors (Lipinski definition) is 7. The van der Waals surface area contributed by atoms with Crippen molar-refractivity contribution in [3.63, 3.8) is 0 Å². The Labute approximate surface area is 322 Å². The van der Waals surface area contributed by atoms with Gasteiger partial charge in [0, 0.05) is 28.8 Å². The lowest BCUT2D eigenvalue weighted by Crippen LogP contribution is -2.30. The molecular weight excluding hydrogens is 715 g/mol. The Kier molecular flexibility index (Phi) is 12.0. The van der Waals surface area contributed by atoms with Crippen LogP contribution in [0.5, 0.6) is 11.5 Å². The Morgan fingerprint density at radius 2 is 1.42 bits per heavy atom. The molecule has 0 aliphatic carbocycles. The van der Waals surface area contributed by atoms with Crippen LogP contribution in [0.25, 0.3) is 11.8 Å². The summed E-state index contributed by atoms with van der Waals surface area (Å²) in [4.78, 5) is 55.6. The molecule has 3 amide bonds. The normalized spacial score (nSPS) is 11.7. The van der Waals surface area contributed by atoms with Gasteiger partial charge in [0.15, 0.2) is 11.5 Å². The minimum Gasteiger partial charge on any atom is -0.493 e. The van der Waals surface area contributed by atoms with Crippen molar-refractivity contribution in [3.05, 3.63) is 172 Å². The molecule has 0 bridgehead atoms. The summed E-state index contributed by atoms with van der Waals surface area (Å²) in [5.74, 6) is -0.622. The second-order valence-corrected chi connectivity index (χ2v) is 13.5. The van der Waals surface area contributed by atoms with Gasteiger partial charge in [-0.15, -0.1) is 11.8 Å². The van der Waals surface area contributed by atoms with Gasteiger partial charge in [0.2, 0.25) is 5.91 Å². The molecule has 0 spiro atoms. The second kappa shape index (κ2) is 17.4. The van der Waals surface area contributed by atoms with E-state index in [2.05, 4.69) is 16.0 Å². The van der Waals surface area contributed by atoms with Crippen molar-refractivity contribution < 1.29 is 23.9 Å². The van der Waals surface area contributed by atoms with E-state index in [1.54, 1.807) is 85.4 Å². The molecule has 0 saturated carbocycles. The molecule has 6 rings (SSSR count). The Morgan fingerprint density at radius 1 is 0.764 bits per heavy atom. The zero-order valence-electron chi connectivity index (χ0n) is 30.6. The van der Waals surface area contributed by atoms with Crippen LogP contribution in [-0.2, 0) is 16.6 Å². The molecule has 3 N–H and O–H groups in total. The highest BCUT2D eigenvalue weighted by Gasteiger charge is 2.26. The maximum absolute atomic E-state index is 14.1. The summed E-state index contributed by atoms with van der Waals surface area (Å²) in [7, 11) is 4.77. The van der Waals surface area contributed by atoms with Gasteiger partial charge in [0.05, 0.1) is 25.6 Å². The molecule has 55 heavy (non-hydrogen) atoms. The fraction of sp³-hybridized carbons (Fsp3) is 0.116. The van der Waals surface area contributed by atoms with Crippen LogP contribution < -0.4 is 31.0 Å². The van der Waals surface area contributed by atoms with Gasteiger partial charge in [-0.1, -0.05) is 84.9 Å². The Morgan fingerprint density at radius 3 is 2.09 bits per heavy atom. The van der Waals surface area contributed by atoms with Gasteiger partial charge in [0.25, 0.3) is 17.4 Å². The third-order valence-electron chi connectivity index (χ3n) is 8.75. The van der Waals surface area contributed by atoms with Gasteiger partial charge in [0.1, 0.15) is 16.6 Å². The van der Waals surface area contributed by atoms with Gasteiger partial charge in [-0.25, -0.2) is 4.68 Å². The minimum absolute atomic E-state index is 0.0422. The lowest BCUT2D eigenvalue weighted by molar-refractivity contribution is -0.116. The van der Waals surface area contributed by atoms with Gasteiger partial charge >= 0.3 is 0 Å². The SMILES string of the molecule is COc1cccc(/C=C(/NC(=O)c2ccccc2)C(=O)Nc2cccc(SC(C(=O)Nc3c(C)n(C)n(-c4ccccc4)c3=O)c3ccccc3)c2)c1OC. The number of hydrogen-bond donors (Lipinski definition) is 3. The minimum atomic E-state index is -0.766. The maximum Gasteiger partial charge on any atom is 0.295 e. The standard InChI is InChI=1S/C43H39N5O6S/c1-28-37(43(52)48(47(28)2)33-22-12-7-13-23-33)46-42(51)39(29-16-8-5-9-17-29)55-34-24-15-21-32(27-34)44-41(50)35(45-40(49)30-18-10-6-11-19-30)26-31-20-14-25-36(53-3)38(31)54-4/h5-27,39H,1-4H3,(H,44,50)(H,45,49)(H,46,51)/b35-26+. The number of nitrogens with zero attached hydrogens (tertiary/aromatic N) is 2. The third kappa shape index (κ3) is 8.72. The molecule has 0 saturated heterocycles. The molecular formula is C43H39N5O6S. The zero-order chi connectivity index (χ0) is 38.9. The largest absolute Gasteiger partial charge is 0.493 e. The highest BCUT2D eigenvalue weighted by atomic mass is 32.2. The second-order valence-electron chi connectivity index (χ2n) is 12.3. The van der Waals surface area contributed by atoms with Crippen LogP contribution in [0, 0.1) is 6.92 Å². The van der Waals surface area contributed by atoms with E-state index in [1.165, 1.54) is 36.7 Å². The van der Waals surface area contributed by atoms with Crippen LogP contribution >= 0.6 is 11.8 Å². The number of aromatic nitrogens is 2. The first-order valence-electron chi connectivity index (χ1n) is 17.3. The summed E-state index contributed by atoms with van der Waals surface area (Å²) in [5.41, 5.74) is 3.07. The smallest absolute Gasteiger partial charge is 0.295 e. The van der Waals surface area contributed by atoms with Crippen LogP contribution in [-0.4, -0.2) is 41.3 Å². The van der Waals surface area contributed by atoms with Crippen molar-refractivity contribution in [1.29, 1.82) is 0 Å². The fourth-order valence-corrected chi connectivity index (χ4v) is 6.99. The zero-order valence-corrected chi connectivity index (χ0v) is 31.4. The summed E-state index contributed by atoms with van der Waals surface area (Å²) < 4.78 is 14.2. The van der Waals surface area contributed by atoms with Crippen LogP contribution in [0.15, 0.2) is 149 Å². The van der Waals surface area contributed by atoms with E-state index in [9.17, 15) is 19.2 Å². The Hall–Kier alpha value is -6.79. The molecule has 1 heterocycles. The van der Waals surface area contributed by atoms with Crippen LogP contribution in [0.3, 0.4) is 0 Å².